The maximum absolute atomic E-state index is 13.8. The molecule has 0 aliphatic carbocycles. The molecule has 0 spiro atoms. The lowest BCUT2D eigenvalue weighted by Gasteiger charge is -2.12. The molecular weight excluding hydrogens is 342 g/mol. The van der Waals surface area contributed by atoms with Crippen LogP contribution in [0.1, 0.15) is 21.5 Å². The number of carbonyl (C=O) groups is 1. The number of carbonyl (C=O) groups excluding carboxylic acids is 1. The number of aryl methyl sites for hydroxylation is 2. The Kier molecular flexibility index (Phi) is 4.27. The molecule has 0 aliphatic rings. The van der Waals surface area contributed by atoms with E-state index in [4.69, 9.17) is 5.73 Å². The van der Waals surface area contributed by atoms with E-state index in [0.717, 1.165) is 23.3 Å². The molecule has 2 rings (SSSR count). The van der Waals surface area contributed by atoms with Crippen molar-refractivity contribution in [2.45, 2.75) is 13.8 Å². The third kappa shape index (κ3) is 3.21. The molecule has 0 bridgehead atoms. The van der Waals surface area contributed by atoms with E-state index in [2.05, 4.69) is 21.2 Å². The highest BCUT2D eigenvalue weighted by Crippen LogP contribution is 2.25. The van der Waals surface area contributed by atoms with Crippen molar-refractivity contribution >= 4 is 33.2 Å². The average Bonchev–Trinajstić information content (AvgIpc) is 2.34. The van der Waals surface area contributed by atoms with Gasteiger partial charge in [-0.25, -0.2) is 8.78 Å². The first-order valence-corrected chi connectivity index (χ1v) is 6.91. The third-order valence-corrected chi connectivity index (χ3v) is 3.55. The van der Waals surface area contributed by atoms with E-state index in [1.54, 1.807) is 19.1 Å². The van der Waals surface area contributed by atoms with Crippen molar-refractivity contribution in [2.24, 2.45) is 0 Å². The Bertz CT molecular complexity index is 709. The third-order valence-electron chi connectivity index (χ3n) is 3.10. The highest BCUT2D eigenvalue weighted by molar-refractivity contribution is 9.10. The molecule has 0 saturated heterocycles. The van der Waals surface area contributed by atoms with Crippen LogP contribution >= 0.6 is 15.9 Å². The molecule has 1 amide bonds. The largest absolute Gasteiger partial charge is 0.398 e. The van der Waals surface area contributed by atoms with Crippen molar-refractivity contribution in [1.82, 2.24) is 0 Å². The fourth-order valence-corrected chi connectivity index (χ4v) is 2.35. The van der Waals surface area contributed by atoms with Crippen molar-refractivity contribution in [2.75, 3.05) is 11.1 Å². The van der Waals surface area contributed by atoms with Gasteiger partial charge in [-0.05, 0) is 43.2 Å². The summed E-state index contributed by atoms with van der Waals surface area (Å²) < 4.78 is 27.7. The van der Waals surface area contributed by atoms with Crippen LogP contribution in [0.2, 0.25) is 0 Å². The van der Waals surface area contributed by atoms with Gasteiger partial charge in [0.15, 0.2) is 0 Å². The second-order valence-corrected chi connectivity index (χ2v) is 5.64. The fraction of sp³-hybridized carbons (Fsp3) is 0.133. The Morgan fingerprint density at radius 1 is 1.10 bits per heavy atom. The summed E-state index contributed by atoms with van der Waals surface area (Å²) in [6.45, 7) is 3.61. The molecule has 0 aromatic heterocycles. The Labute approximate surface area is 129 Å². The number of hydrogen-bond donors (Lipinski definition) is 2. The molecule has 0 atom stereocenters. The summed E-state index contributed by atoms with van der Waals surface area (Å²) in [6.07, 6.45) is 0. The van der Waals surface area contributed by atoms with Gasteiger partial charge >= 0.3 is 0 Å². The summed E-state index contributed by atoms with van der Waals surface area (Å²) in [5, 5.41) is 2.48. The normalized spacial score (nSPS) is 10.5. The molecule has 110 valence electrons. The number of nitrogens with two attached hydrogens (primary N) is 1. The van der Waals surface area contributed by atoms with Crippen LogP contribution in [0.4, 0.5) is 20.2 Å². The zero-order chi connectivity index (χ0) is 15.7. The van der Waals surface area contributed by atoms with Gasteiger partial charge in [-0.1, -0.05) is 22.0 Å². The minimum Gasteiger partial charge on any atom is -0.398 e. The van der Waals surface area contributed by atoms with Crippen molar-refractivity contribution in [3.05, 3.63) is 57.1 Å². The van der Waals surface area contributed by atoms with E-state index < -0.39 is 23.1 Å². The zero-order valence-corrected chi connectivity index (χ0v) is 13.0. The number of halogens is 3. The molecule has 2 aromatic rings. The van der Waals surface area contributed by atoms with Crippen molar-refractivity contribution in [3.8, 4) is 0 Å². The SMILES string of the molecule is Cc1cc(C)c(NC(=O)c2c(F)cc(Br)cc2F)cc1N. The number of nitrogens with one attached hydrogen (secondary N) is 1. The molecule has 0 aliphatic heterocycles. The number of amides is 1. The molecule has 0 unspecified atom stereocenters. The summed E-state index contributed by atoms with van der Waals surface area (Å²) in [5.74, 6) is -2.72. The van der Waals surface area contributed by atoms with Crippen molar-refractivity contribution in [3.63, 3.8) is 0 Å². The first kappa shape index (κ1) is 15.4. The number of anilines is 2. The van der Waals surface area contributed by atoms with E-state index >= 15 is 0 Å². The van der Waals surface area contributed by atoms with Gasteiger partial charge in [0.05, 0.1) is 0 Å². The van der Waals surface area contributed by atoms with E-state index in [9.17, 15) is 13.6 Å². The van der Waals surface area contributed by atoms with E-state index in [-0.39, 0.29) is 4.47 Å². The molecular formula is C15H13BrF2N2O. The second-order valence-electron chi connectivity index (χ2n) is 4.72. The summed E-state index contributed by atoms with van der Waals surface area (Å²) >= 11 is 2.96. The van der Waals surface area contributed by atoms with Gasteiger partial charge in [0.2, 0.25) is 0 Å². The quantitative estimate of drug-likeness (QED) is 0.794. The highest BCUT2D eigenvalue weighted by atomic mass is 79.9. The molecule has 3 nitrogen and oxygen atoms in total. The van der Waals surface area contributed by atoms with Crippen LogP contribution in [0.3, 0.4) is 0 Å². The molecule has 2 aromatic carbocycles. The van der Waals surface area contributed by atoms with Gasteiger partial charge in [0.25, 0.3) is 5.91 Å². The number of benzene rings is 2. The van der Waals surface area contributed by atoms with Crippen LogP contribution in [0.5, 0.6) is 0 Å². The number of hydrogen-bond acceptors (Lipinski definition) is 2. The fourth-order valence-electron chi connectivity index (χ4n) is 1.95. The van der Waals surface area contributed by atoms with Gasteiger partial charge in [0.1, 0.15) is 17.2 Å². The predicted molar refractivity (Wildman–Crippen MR) is 82.3 cm³/mol. The average molecular weight is 355 g/mol. The zero-order valence-electron chi connectivity index (χ0n) is 11.4. The summed E-state index contributed by atoms with van der Waals surface area (Å²) in [7, 11) is 0. The van der Waals surface area contributed by atoms with Crippen LogP contribution < -0.4 is 11.1 Å². The van der Waals surface area contributed by atoms with E-state index in [1.807, 2.05) is 6.92 Å². The lowest BCUT2D eigenvalue weighted by Crippen LogP contribution is -2.17. The highest BCUT2D eigenvalue weighted by Gasteiger charge is 2.19. The minimum absolute atomic E-state index is 0.227. The second kappa shape index (κ2) is 5.81. The number of nitrogen functional groups attached to an aromatic ring is 1. The lowest BCUT2D eigenvalue weighted by molar-refractivity contribution is 0.101. The Balaban J connectivity index is 2.37. The van der Waals surface area contributed by atoms with Crippen LogP contribution in [0, 0.1) is 25.5 Å². The maximum atomic E-state index is 13.8. The summed E-state index contributed by atoms with van der Waals surface area (Å²) in [4.78, 5) is 12.1. The van der Waals surface area contributed by atoms with Crippen LogP contribution in [-0.4, -0.2) is 5.91 Å². The van der Waals surface area contributed by atoms with E-state index in [1.165, 1.54) is 0 Å². The van der Waals surface area contributed by atoms with Gasteiger partial charge < -0.3 is 11.1 Å². The van der Waals surface area contributed by atoms with Crippen molar-refractivity contribution in [1.29, 1.82) is 0 Å². The molecule has 0 saturated carbocycles. The molecule has 0 heterocycles. The molecule has 6 heteroatoms. The molecule has 0 radical (unpaired) electrons. The molecule has 0 fully saturated rings. The summed E-state index contributed by atoms with van der Waals surface area (Å²) in [5.41, 5.74) is 7.69. The summed E-state index contributed by atoms with van der Waals surface area (Å²) in [6, 6.07) is 5.43. The van der Waals surface area contributed by atoms with Crippen LogP contribution in [0.15, 0.2) is 28.7 Å². The van der Waals surface area contributed by atoms with Crippen molar-refractivity contribution < 1.29 is 13.6 Å². The Hall–Kier alpha value is -1.95. The monoisotopic (exact) mass is 354 g/mol. The Morgan fingerprint density at radius 3 is 2.24 bits per heavy atom. The van der Waals surface area contributed by atoms with Crippen LogP contribution in [0.25, 0.3) is 0 Å². The Morgan fingerprint density at radius 2 is 1.67 bits per heavy atom. The predicted octanol–water partition coefficient (Wildman–Crippen LogP) is 4.18. The maximum Gasteiger partial charge on any atom is 0.261 e. The number of rotatable bonds is 2. The van der Waals surface area contributed by atoms with Gasteiger partial charge in [-0.2, -0.15) is 0 Å². The topological polar surface area (TPSA) is 55.1 Å². The first-order chi connectivity index (χ1) is 9.79. The van der Waals surface area contributed by atoms with Gasteiger partial charge in [0, 0.05) is 15.8 Å². The standard InChI is InChI=1S/C15H13BrF2N2O/c1-7-3-8(2)13(6-12(7)19)20-15(21)14-10(17)4-9(16)5-11(14)18/h3-6H,19H2,1-2H3,(H,20,21). The van der Waals surface area contributed by atoms with Gasteiger partial charge in [-0.3, -0.25) is 4.79 Å². The lowest BCUT2D eigenvalue weighted by atomic mass is 10.1. The van der Waals surface area contributed by atoms with Gasteiger partial charge in [-0.15, -0.1) is 0 Å². The first-order valence-electron chi connectivity index (χ1n) is 6.12. The smallest absolute Gasteiger partial charge is 0.261 e. The molecule has 3 N–H and O–H groups in total. The van der Waals surface area contributed by atoms with E-state index in [0.29, 0.717) is 11.4 Å². The van der Waals surface area contributed by atoms with Crippen LogP contribution in [-0.2, 0) is 0 Å². The minimum atomic E-state index is -0.933. The molecule has 21 heavy (non-hydrogen) atoms.